The van der Waals surface area contributed by atoms with E-state index in [0.29, 0.717) is 31.5 Å². The lowest BCUT2D eigenvalue weighted by molar-refractivity contribution is -0.142. The summed E-state index contributed by atoms with van der Waals surface area (Å²) in [5.41, 5.74) is 11.3. The molecule has 0 fully saturated rings. The molecule has 0 saturated carbocycles. The fraction of sp³-hybridized carbons (Fsp3) is 0.225. The third kappa shape index (κ3) is 8.85. The van der Waals surface area contributed by atoms with Crippen molar-refractivity contribution in [2.75, 3.05) is 20.6 Å². The molecule has 3 amide bonds. The zero-order chi connectivity index (χ0) is 33.9. The molecule has 1 aromatic heterocycles. The minimum Gasteiger partial charge on any atom is -0.354 e. The predicted octanol–water partition coefficient (Wildman–Crippen LogP) is 5.99. The number of hydrogen-bond acceptors (Lipinski definition) is 5. The molecule has 4 aromatic carbocycles. The Morgan fingerprint density at radius 2 is 1.35 bits per heavy atom. The van der Waals surface area contributed by atoms with Crippen molar-refractivity contribution in [3.63, 3.8) is 0 Å². The van der Waals surface area contributed by atoms with E-state index in [2.05, 4.69) is 17.4 Å². The Balaban J connectivity index is 1.41. The van der Waals surface area contributed by atoms with Gasteiger partial charge in [0.05, 0.1) is 0 Å². The zero-order valence-electron chi connectivity index (χ0n) is 27.4. The van der Waals surface area contributed by atoms with Gasteiger partial charge in [-0.1, -0.05) is 103 Å². The molecule has 1 heterocycles. The van der Waals surface area contributed by atoms with Gasteiger partial charge in [0.15, 0.2) is 0 Å². The lowest BCUT2D eigenvalue weighted by Gasteiger charge is -2.34. The number of thiophene rings is 1. The summed E-state index contributed by atoms with van der Waals surface area (Å²) >= 11 is 1.55. The SMILES string of the molecule is CN(C(=O)c1cccc(CN)c1)C(Cc1ccc(-c2ccccc2)cc1)C(=O)N(C)C(Cc1cccs1)C(=O)NCCc1ccccc1. The van der Waals surface area contributed by atoms with Crippen LogP contribution in [0.25, 0.3) is 11.1 Å². The van der Waals surface area contributed by atoms with Crippen molar-refractivity contribution in [1.29, 1.82) is 0 Å². The number of hydrogen-bond donors (Lipinski definition) is 2. The van der Waals surface area contributed by atoms with Gasteiger partial charge in [0.2, 0.25) is 11.8 Å². The number of likely N-dealkylation sites (N-methyl/N-ethyl adjacent to an activating group) is 2. The standard InChI is InChI=1S/C40H42N4O3S/c1-43(36(27-35-17-10-24-48-35)38(45)42-23-22-29-11-5-3-6-12-29)40(47)37(44(2)39(46)34-16-9-13-31(25-34)28-41)26-30-18-20-33(21-19-30)32-14-7-4-8-15-32/h3-21,24-25,36-37H,22-23,26-28,41H2,1-2H3,(H,42,45). The minimum absolute atomic E-state index is 0.231. The first kappa shape index (κ1) is 34.3. The second-order valence-corrected chi connectivity index (χ2v) is 12.9. The lowest BCUT2D eigenvalue weighted by atomic mass is 9.98. The van der Waals surface area contributed by atoms with Crippen molar-refractivity contribution in [1.82, 2.24) is 15.1 Å². The fourth-order valence-electron chi connectivity index (χ4n) is 5.76. The molecule has 7 nitrogen and oxygen atoms in total. The minimum atomic E-state index is -0.866. The van der Waals surface area contributed by atoms with Crippen LogP contribution in [0.4, 0.5) is 0 Å². The highest BCUT2D eigenvalue weighted by Gasteiger charge is 2.35. The van der Waals surface area contributed by atoms with E-state index in [0.717, 1.165) is 32.7 Å². The summed E-state index contributed by atoms with van der Waals surface area (Å²) in [6, 6.07) is 37.5. The number of nitrogens with zero attached hydrogens (tertiary/aromatic N) is 2. The van der Waals surface area contributed by atoms with Gasteiger partial charge in [0.1, 0.15) is 12.1 Å². The molecule has 246 valence electrons. The molecule has 48 heavy (non-hydrogen) atoms. The molecule has 5 aromatic rings. The maximum Gasteiger partial charge on any atom is 0.254 e. The van der Waals surface area contributed by atoms with Crippen molar-refractivity contribution in [2.45, 2.75) is 37.9 Å². The van der Waals surface area contributed by atoms with E-state index in [4.69, 9.17) is 5.73 Å². The average molecular weight is 659 g/mol. The maximum atomic E-state index is 14.5. The van der Waals surface area contributed by atoms with E-state index < -0.39 is 12.1 Å². The molecule has 2 unspecified atom stereocenters. The van der Waals surface area contributed by atoms with Crippen molar-refractivity contribution in [3.05, 3.63) is 154 Å². The van der Waals surface area contributed by atoms with Crippen LogP contribution in [0, 0.1) is 0 Å². The first-order valence-corrected chi connectivity index (χ1v) is 17.0. The van der Waals surface area contributed by atoms with Gasteiger partial charge in [-0.25, -0.2) is 0 Å². The Kier molecular flexibility index (Phi) is 11.9. The van der Waals surface area contributed by atoms with Crippen LogP contribution in [-0.4, -0.2) is 60.2 Å². The van der Waals surface area contributed by atoms with Crippen molar-refractivity contribution in [3.8, 4) is 11.1 Å². The third-order valence-electron chi connectivity index (χ3n) is 8.62. The summed E-state index contributed by atoms with van der Waals surface area (Å²) in [5.74, 6) is -0.835. The van der Waals surface area contributed by atoms with Gasteiger partial charge in [-0.05, 0) is 57.8 Å². The van der Waals surface area contributed by atoms with Gasteiger partial charge >= 0.3 is 0 Å². The molecule has 0 bridgehead atoms. The Morgan fingerprint density at radius 1 is 0.688 bits per heavy atom. The Labute approximate surface area is 287 Å². The molecule has 0 aliphatic rings. The normalized spacial score (nSPS) is 12.1. The summed E-state index contributed by atoms with van der Waals surface area (Å²) in [7, 11) is 3.32. The van der Waals surface area contributed by atoms with E-state index in [1.165, 1.54) is 9.80 Å². The quantitative estimate of drug-likeness (QED) is 0.153. The van der Waals surface area contributed by atoms with E-state index in [1.807, 2.05) is 96.4 Å². The second kappa shape index (κ2) is 16.7. The number of rotatable bonds is 14. The highest BCUT2D eigenvalue weighted by atomic mass is 32.1. The molecular weight excluding hydrogens is 617 g/mol. The van der Waals surface area contributed by atoms with Crippen molar-refractivity contribution < 1.29 is 14.4 Å². The van der Waals surface area contributed by atoms with E-state index in [9.17, 15) is 14.4 Å². The Morgan fingerprint density at radius 3 is 2.02 bits per heavy atom. The summed E-state index contributed by atoms with van der Waals surface area (Å²) in [6.07, 6.45) is 1.32. The van der Waals surface area contributed by atoms with Crippen molar-refractivity contribution >= 4 is 29.1 Å². The number of carbonyl (C=O) groups excluding carboxylic acids is 3. The maximum absolute atomic E-state index is 14.5. The number of benzene rings is 4. The van der Waals surface area contributed by atoms with Crippen LogP contribution in [0.3, 0.4) is 0 Å². The molecule has 0 radical (unpaired) electrons. The van der Waals surface area contributed by atoms with Gasteiger partial charge in [-0.2, -0.15) is 0 Å². The average Bonchev–Trinajstić information content (AvgIpc) is 3.66. The van der Waals surface area contributed by atoms with Crippen molar-refractivity contribution in [2.24, 2.45) is 5.73 Å². The number of nitrogens with one attached hydrogen (secondary N) is 1. The fourth-order valence-corrected chi connectivity index (χ4v) is 6.50. The molecule has 0 spiro atoms. The van der Waals surface area contributed by atoms with Crippen LogP contribution in [0.2, 0.25) is 0 Å². The molecule has 5 rings (SSSR count). The van der Waals surface area contributed by atoms with Crippen LogP contribution in [0.1, 0.15) is 31.9 Å². The topological polar surface area (TPSA) is 95.7 Å². The smallest absolute Gasteiger partial charge is 0.254 e. The molecular formula is C40H42N4O3S. The first-order valence-electron chi connectivity index (χ1n) is 16.1. The van der Waals surface area contributed by atoms with Gasteiger partial charge in [0, 0.05) is 50.5 Å². The summed E-state index contributed by atoms with van der Waals surface area (Å²) < 4.78 is 0. The lowest BCUT2D eigenvalue weighted by Crippen LogP contribution is -2.56. The number of nitrogens with two attached hydrogens (primary N) is 1. The third-order valence-corrected chi connectivity index (χ3v) is 9.52. The summed E-state index contributed by atoms with van der Waals surface area (Å²) in [5, 5.41) is 5.02. The van der Waals surface area contributed by atoms with Gasteiger partial charge in [0.25, 0.3) is 5.91 Å². The monoisotopic (exact) mass is 658 g/mol. The molecule has 8 heteroatoms. The summed E-state index contributed by atoms with van der Waals surface area (Å²) in [4.78, 5) is 46.2. The van der Waals surface area contributed by atoms with Crippen LogP contribution in [0.15, 0.2) is 127 Å². The number of amides is 3. The van der Waals surface area contributed by atoms with Crippen LogP contribution in [0.5, 0.6) is 0 Å². The van der Waals surface area contributed by atoms with E-state index in [-0.39, 0.29) is 24.1 Å². The highest BCUT2D eigenvalue weighted by molar-refractivity contribution is 7.09. The van der Waals surface area contributed by atoms with Crippen LogP contribution < -0.4 is 11.1 Å². The Bertz CT molecular complexity index is 1780. The largest absolute Gasteiger partial charge is 0.354 e. The number of carbonyl (C=O) groups is 3. The molecule has 0 aliphatic heterocycles. The second-order valence-electron chi connectivity index (χ2n) is 11.9. The highest BCUT2D eigenvalue weighted by Crippen LogP contribution is 2.23. The van der Waals surface area contributed by atoms with Gasteiger partial charge in [-0.3, -0.25) is 14.4 Å². The molecule has 2 atom stereocenters. The molecule has 0 aliphatic carbocycles. The van der Waals surface area contributed by atoms with Crippen LogP contribution >= 0.6 is 11.3 Å². The van der Waals surface area contributed by atoms with Gasteiger partial charge in [-0.15, -0.1) is 11.3 Å². The van der Waals surface area contributed by atoms with Gasteiger partial charge < -0.3 is 20.9 Å². The first-order chi connectivity index (χ1) is 23.3. The zero-order valence-corrected chi connectivity index (χ0v) is 28.2. The van der Waals surface area contributed by atoms with E-state index >= 15 is 0 Å². The summed E-state index contributed by atoms with van der Waals surface area (Å²) in [6.45, 7) is 0.742. The molecule has 0 saturated heterocycles. The van der Waals surface area contributed by atoms with Crippen LogP contribution in [-0.2, 0) is 35.4 Å². The Hall–Kier alpha value is -5.05. The molecule has 3 N–H and O–H groups in total. The van der Waals surface area contributed by atoms with E-state index in [1.54, 1.807) is 43.6 Å². The predicted molar refractivity (Wildman–Crippen MR) is 194 cm³/mol.